The van der Waals surface area contributed by atoms with Crippen LogP contribution in [0.25, 0.3) is 0 Å². The van der Waals surface area contributed by atoms with Crippen LogP contribution in [0.3, 0.4) is 0 Å². The molecule has 6 nitrogen and oxygen atoms in total. The molecule has 2 saturated heterocycles. The van der Waals surface area contributed by atoms with E-state index in [1.165, 1.54) is 19.0 Å². The molecule has 1 N–H and O–H groups in total. The molecule has 0 radical (unpaired) electrons. The number of aromatic nitrogens is 1. The van der Waals surface area contributed by atoms with Gasteiger partial charge in [0, 0.05) is 32.2 Å². The highest BCUT2D eigenvalue weighted by Gasteiger charge is 2.37. The van der Waals surface area contributed by atoms with Gasteiger partial charge in [-0.25, -0.2) is 0 Å². The van der Waals surface area contributed by atoms with Crippen LogP contribution in [0.5, 0.6) is 0 Å². The van der Waals surface area contributed by atoms with Crippen molar-refractivity contribution in [2.45, 2.75) is 19.8 Å². The molecule has 1 amide bonds. The zero-order valence-electron chi connectivity index (χ0n) is 12.5. The smallest absolute Gasteiger partial charge is 0.259 e. The first-order valence-corrected chi connectivity index (χ1v) is 7.72. The van der Waals surface area contributed by atoms with Crippen molar-refractivity contribution in [1.29, 1.82) is 0 Å². The lowest BCUT2D eigenvalue weighted by Gasteiger charge is -2.22. The van der Waals surface area contributed by atoms with Crippen LogP contribution in [0.1, 0.15) is 29.0 Å². The summed E-state index contributed by atoms with van der Waals surface area (Å²) >= 11 is 0. The van der Waals surface area contributed by atoms with Crippen molar-refractivity contribution >= 4 is 5.91 Å². The van der Waals surface area contributed by atoms with Gasteiger partial charge in [0.15, 0.2) is 0 Å². The molecule has 2 fully saturated rings. The summed E-state index contributed by atoms with van der Waals surface area (Å²) in [6, 6.07) is 0. The normalized spacial score (nSPS) is 26.7. The van der Waals surface area contributed by atoms with Crippen LogP contribution >= 0.6 is 0 Å². The van der Waals surface area contributed by atoms with Crippen molar-refractivity contribution in [2.75, 3.05) is 39.3 Å². The molecule has 21 heavy (non-hydrogen) atoms. The van der Waals surface area contributed by atoms with Gasteiger partial charge in [-0.3, -0.25) is 4.79 Å². The molecule has 2 atom stereocenters. The fraction of sp³-hybridized carbons (Fsp3) is 0.733. The monoisotopic (exact) mass is 293 g/mol. The van der Waals surface area contributed by atoms with E-state index in [1.807, 2.05) is 4.90 Å². The van der Waals surface area contributed by atoms with Crippen LogP contribution in [-0.2, 0) is 0 Å². The van der Waals surface area contributed by atoms with Gasteiger partial charge < -0.3 is 19.4 Å². The number of carbonyl (C=O) groups excluding carboxylic acids is 1. The molecule has 116 valence electrons. The van der Waals surface area contributed by atoms with Crippen LogP contribution in [-0.4, -0.2) is 65.3 Å². The first kappa shape index (κ1) is 14.5. The predicted octanol–water partition coefficient (Wildman–Crippen LogP) is 0.759. The van der Waals surface area contributed by atoms with Crippen molar-refractivity contribution in [3.8, 4) is 0 Å². The van der Waals surface area contributed by atoms with E-state index in [0.717, 1.165) is 19.6 Å². The highest BCUT2D eigenvalue weighted by molar-refractivity contribution is 5.95. The molecular weight excluding hydrogens is 270 g/mol. The van der Waals surface area contributed by atoms with Crippen molar-refractivity contribution in [2.24, 2.45) is 11.8 Å². The number of nitrogens with zero attached hydrogens (tertiary/aromatic N) is 3. The number of hydrogen-bond acceptors (Lipinski definition) is 5. The van der Waals surface area contributed by atoms with Crippen LogP contribution in [0.15, 0.2) is 10.7 Å². The van der Waals surface area contributed by atoms with E-state index in [1.54, 1.807) is 6.92 Å². The SMILES string of the molecule is Cc1oncc1C(=O)N1C[C@@H](CN2CCCC2)[C@@H](CO)C1. The Bertz CT molecular complexity index is 496. The number of aliphatic hydroxyl groups is 1. The Kier molecular flexibility index (Phi) is 4.26. The molecule has 0 unspecified atom stereocenters. The van der Waals surface area contributed by atoms with Gasteiger partial charge >= 0.3 is 0 Å². The Hall–Kier alpha value is -1.40. The highest BCUT2D eigenvalue weighted by atomic mass is 16.5. The number of hydrogen-bond donors (Lipinski definition) is 1. The van der Waals surface area contributed by atoms with E-state index in [9.17, 15) is 9.90 Å². The molecule has 0 bridgehead atoms. The van der Waals surface area contributed by atoms with Gasteiger partial charge in [0.25, 0.3) is 5.91 Å². The Labute approximate surface area is 124 Å². The van der Waals surface area contributed by atoms with Crippen molar-refractivity contribution in [1.82, 2.24) is 15.0 Å². The zero-order chi connectivity index (χ0) is 14.8. The summed E-state index contributed by atoms with van der Waals surface area (Å²) < 4.78 is 4.98. The maximum absolute atomic E-state index is 12.5. The summed E-state index contributed by atoms with van der Waals surface area (Å²) in [5, 5.41) is 13.3. The number of aliphatic hydroxyl groups excluding tert-OH is 1. The van der Waals surface area contributed by atoms with Crippen molar-refractivity contribution < 1.29 is 14.4 Å². The average Bonchev–Trinajstić information content (AvgIpc) is 3.19. The van der Waals surface area contributed by atoms with Gasteiger partial charge in [0.05, 0.1) is 6.20 Å². The Balaban J connectivity index is 1.65. The second-order valence-corrected chi connectivity index (χ2v) is 6.22. The van der Waals surface area contributed by atoms with Crippen LogP contribution in [0.4, 0.5) is 0 Å². The molecule has 0 aliphatic carbocycles. The van der Waals surface area contributed by atoms with Gasteiger partial charge in [-0.15, -0.1) is 0 Å². The topological polar surface area (TPSA) is 69.8 Å². The van der Waals surface area contributed by atoms with Crippen LogP contribution in [0.2, 0.25) is 0 Å². The van der Waals surface area contributed by atoms with Gasteiger partial charge in [-0.05, 0) is 38.8 Å². The second kappa shape index (κ2) is 6.15. The molecule has 2 aliphatic rings. The third-order valence-electron chi connectivity index (χ3n) is 4.77. The summed E-state index contributed by atoms with van der Waals surface area (Å²) in [6.07, 6.45) is 4.01. The summed E-state index contributed by atoms with van der Waals surface area (Å²) in [7, 11) is 0. The van der Waals surface area contributed by atoms with E-state index in [4.69, 9.17) is 4.52 Å². The first-order chi connectivity index (χ1) is 10.2. The van der Waals surface area contributed by atoms with Gasteiger partial charge in [-0.1, -0.05) is 5.16 Å². The quantitative estimate of drug-likeness (QED) is 0.887. The molecule has 3 rings (SSSR count). The maximum Gasteiger partial charge on any atom is 0.259 e. The molecule has 0 aromatic carbocycles. The summed E-state index contributed by atoms with van der Waals surface area (Å²) in [6.45, 7) is 6.51. The highest BCUT2D eigenvalue weighted by Crippen LogP contribution is 2.27. The number of amides is 1. The molecule has 0 saturated carbocycles. The fourth-order valence-electron chi connectivity index (χ4n) is 3.49. The van der Waals surface area contributed by atoms with Crippen molar-refractivity contribution in [3.05, 3.63) is 17.5 Å². The Morgan fingerprint density at radius 1 is 1.38 bits per heavy atom. The van der Waals surface area contributed by atoms with Crippen molar-refractivity contribution in [3.63, 3.8) is 0 Å². The molecular formula is C15H23N3O3. The van der Waals surface area contributed by atoms with E-state index in [2.05, 4.69) is 10.1 Å². The number of aryl methyl sites for hydroxylation is 1. The first-order valence-electron chi connectivity index (χ1n) is 7.72. The van der Waals surface area contributed by atoms with Gasteiger partial charge in [-0.2, -0.15) is 0 Å². The van der Waals surface area contributed by atoms with Crippen LogP contribution in [0, 0.1) is 18.8 Å². The van der Waals surface area contributed by atoms with E-state index in [0.29, 0.717) is 30.3 Å². The third kappa shape index (κ3) is 2.96. The average molecular weight is 293 g/mol. The molecule has 3 heterocycles. The maximum atomic E-state index is 12.5. The Morgan fingerprint density at radius 3 is 2.71 bits per heavy atom. The minimum absolute atomic E-state index is 0.0314. The summed E-state index contributed by atoms with van der Waals surface area (Å²) in [4.78, 5) is 16.8. The molecule has 2 aliphatic heterocycles. The zero-order valence-corrected chi connectivity index (χ0v) is 12.5. The molecule has 6 heteroatoms. The minimum Gasteiger partial charge on any atom is -0.396 e. The largest absolute Gasteiger partial charge is 0.396 e. The molecule has 1 aromatic rings. The van der Waals surface area contributed by atoms with E-state index < -0.39 is 0 Å². The van der Waals surface area contributed by atoms with Gasteiger partial charge in [0.2, 0.25) is 0 Å². The van der Waals surface area contributed by atoms with Gasteiger partial charge in [0.1, 0.15) is 11.3 Å². The lowest BCUT2D eigenvalue weighted by atomic mass is 9.96. The fourth-order valence-corrected chi connectivity index (χ4v) is 3.49. The van der Waals surface area contributed by atoms with E-state index in [-0.39, 0.29) is 18.4 Å². The second-order valence-electron chi connectivity index (χ2n) is 6.22. The number of carbonyl (C=O) groups is 1. The lowest BCUT2D eigenvalue weighted by Crippen LogP contribution is -2.32. The third-order valence-corrected chi connectivity index (χ3v) is 4.77. The lowest BCUT2D eigenvalue weighted by molar-refractivity contribution is 0.0777. The van der Waals surface area contributed by atoms with Crippen LogP contribution < -0.4 is 0 Å². The summed E-state index contributed by atoms with van der Waals surface area (Å²) in [5.41, 5.74) is 0.536. The minimum atomic E-state index is -0.0314. The Morgan fingerprint density at radius 2 is 2.10 bits per heavy atom. The van der Waals surface area contributed by atoms with E-state index >= 15 is 0 Å². The molecule has 0 spiro atoms. The molecule has 1 aromatic heterocycles. The standard InChI is InChI=1S/C15H23N3O3/c1-11-14(6-16-21-11)15(20)18-8-12(13(9-18)10-19)7-17-4-2-3-5-17/h6,12-13,19H,2-5,7-10H2,1H3/t12-,13-/m1/s1. The predicted molar refractivity (Wildman–Crippen MR) is 76.9 cm³/mol. The number of rotatable bonds is 4. The number of likely N-dealkylation sites (tertiary alicyclic amines) is 2. The summed E-state index contributed by atoms with van der Waals surface area (Å²) in [5.74, 6) is 1.06.